The predicted molar refractivity (Wildman–Crippen MR) is 75.4 cm³/mol. The zero-order valence-electron chi connectivity index (χ0n) is 12.8. The highest BCUT2D eigenvalue weighted by Gasteiger charge is 2.49. The van der Waals surface area contributed by atoms with Gasteiger partial charge in [0, 0.05) is 17.5 Å². The molecule has 2 unspecified atom stereocenters. The molecule has 0 amide bonds. The van der Waals surface area contributed by atoms with Gasteiger partial charge in [-0.1, -0.05) is 6.07 Å². The van der Waals surface area contributed by atoms with Crippen LogP contribution in [0.3, 0.4) is 0 Å². The average molecular weight is 283 g/mol. The van der Waals surface area contributed by atoms with E-state index in [1.54, 1.807) is 6.92 Å². The molecule has 1 aliphatic rings. The minimum absolute atomic E-state index is 0.0237. The van der Waals surface area contributed by atoms with Crippen molar-refractivity contribution in [3.63, 3.8) is 0 Å². The van der Waals surface area contributed by atoms with Crippen LogP contribution < -0.4 is 5.73 Å². The maximum atomic E-state index is 14.2. The van der Waals surface area contributed by atoms with E-state index in [1.165, 1.54) is 12.1 Å². The molecule has 112 valence electrons. The summed E-state index contributed by atoms with van der Waals surface area (Å²) in [6.07, 6.45) is 0.675. The summed E-state index contributed by atoms with van der Waals surface area (Å²) < 4.78 is 34.2. The quantitative estimate of drug-likeness (QED) is 0.894. The summed E-state index contributed by atoms with van der Waals surface area (Å²) in [4.78, 5) is 0. The molecular formula is C16H23F2NO. The highest BCUT2D eigenvalue weighted by molar-refractivity contribution is 5.30. The SMILES string of the molecule is Cc1ccc(F)c(C(N)C2CC(C)(C)OC2(C)C)c1F. The highest BCUT2D eigenvalue weighted by Crippen LogP contribution is 2.47. The molecule has 2 N–H and O–H groups in total. The number of halogens is 2. The van der Waals surface area contributed by atoms with Gasteiger partial charge in [0.1, 0.15) is 11.6 Å². The topological polar surface area (TPSA) is 35.2 Å². The van der Waals surface area contributed by atoms with Crippen LogP contribution in [0.15, 0.2) is 12.1 Å². The van der Waals surface area contributed by atoms with Crippen LogP contribution in [0.1, 0.15) is 51.3 Å². The Hall–Kier alpha value is -1.00. The van der Waals surface area contributed by atoms with Gasteiger partial charge in [-0.25, -0.2) is 8.78 Å². The first-order chi connectivity index (χ1) is 9.05. The van der Waals surface area contributed by atoms with Crippen molar-refractivity contribution < 1.29 is 13.5 Å². The van der Waals surface area contributed by atoms with Gasteiger partial charge in [-0.3, -0.25) is 0 Å². The second-order valence-corrected chi connectivity index (χ2v) is 6.89. The Morgan fingerprint density at radius 2 is 1.85 bits per heavy atom. The summed E-state index contributed by atoms with van der Waals surface area (Å²) in [5.74, 6) is -1.26. The summed E-state index contributed by atoms with van der Waals surface area (Å²) in [6.45, 7) is 9.43. The first-order valence-corrected chi connectivity index (χ1v) is 6.95. The summed E-state index contributed by atoms with van der Waals surface area (Å²) in [5.41, 5.74) is 5.75. The fraction of sp³-hybridized carbons (Fsp3) is 0.625. The standard InChI is InChI=1S/C16H23F2NO/c1-9-6-7-11(17)12(13(9)18)14(19)10-8-15(2,3)20-16(10,4)5/h6-7,10,14H,8,19H2,1-5H3. The van der Waals surface area contributed by atoms with Gasteiger partial charge in [0.25, 0.3) is 0 Å². The van der Waals surface area contributed by atoms with Crippen molar-refractivity contribution in [2.75, 3.05) is 0 Å². The minimum atomic E-state index is -0.716. The third-order valence-electron chi connectivity index (χ3n) is 4.23. The average Bonchev–Trinajstić information content (AvgIpc) is 2.52. The van der Waals surface area contributed by atoms with E-state index in [0.717, 1.165) is 0 Å². The van der Waals surface area contributed by atoms with E-state index in [9.17, 15) is 8.78 Å². The number of ether oxygens (including phenoxy) is 1. The Kier molecular flexibility index (Phi) is 3.68. The van der Waals surface area contributed by atoms with Gasteiger partial charge in [0.05, 0.1) is 11.2 Å². The first-order valence-electron chi connectivity index (χ1n) is 6.95. The number of nitrogens with two attached hydrogens (primary N) is 1. The van der Waals surface area contributed by atoms with Crippen LogP contribution in [0.2, 0.25) is 0 Å². The molecule has 0 spiro atoms. The van der Waals surface area contributed by atoms with Gasteiger partial charge in [0.15, 0.2) is 0 Å². The van der Waals surface area contributed by atoms with Crippen LogP contribution in [0.5, 0.6) is 0 Å². The maximum Gasteiger partial charge on any atom is 0.133 e. The zero-order chi connectivity index (χ0) is 15.3. The number of rotatable bonds is 2. The van der Waals surface area contributed by atoms with Crippen molar-refractivity contribution in [1.82, 2.24) is 0 Å². The van der Waals surface area contributed by atoms with Crippen LogP contribution in [-0.2, 0) is 4.74 Å². The van der Waals surface area contributed by atoms with E-state index < -0.39 is 23.3 Å². The molecule has 0 bridgehead atoms. The smallest absolute Gasteiger partial charge is 0.133 e. The largest absolute Gasteiger partial charge is 0.369 e. The van der Waals surface area contributed by atoms with Crippen LogP contribution in [0.4, 0.5) is 8.78 Å². The van der Waals surface area contributed by atoms with Gasteiger partial charge < -0.3 is 10.5 Å². The van der Waals surface area contributed by atoms with Crippen molar-refractivity contribution in [1.29, 1.82) is 0 Å². The molecule has 2 nitrogen and oxygen atoms in total. The third-order valence-corrected chi connectivity index (χ3v) is 4.23. The number of hydrogen-bond donors (Lipinski definition) is 1. The second kappa shape index (κ2) is 4.78. The van der Waals surface area contributed by atoms with Crippen LogP contribution in [0, 0.1) is 24.5 Å². The Bertz CT molecular complexity index is 525. The van der Waals surface area contributed by atoms with Crippen LogP contribution >= 0.6 is 0 Å². The Balaban J connectivity index is 2.42. The molecule has 1 aromatic carbocycles. The molecule has 0 radical (unpaired) electrons. The molecule has 0 aliphatic carbocycles. The Morgan fingerprint density at radius 1 is 1.25 bits per heavy atom. The van der Waals surface area contributed by atoms with Crippen molar-refractivity contribution in [3.05, 3.63) is 34.9 Å². The molecular weight excluding hydrogens is 260 g/mol. The molecule has 20 heavy (non-hydrogen) atoms. The predicted octanol–water partition coefficient (Wildman–Crippen LogP) is 3.87. The molecule has 2 rings (SSSR count). The van der Waals surface area contributed by atoms with Gasteiger partial charge in [-0.05, 0) is 52.7 Å². The Morgan fingerprint density at radius 3 is 2.35 bits per heavy atom. The molecule has 1 aromatic rings. The van der Waals surface area contributed by atoms with E-state index in [4.69, 9.17) is 10.5 Å². The lowest BCUT2D eigenvalue weighted by atomic mass is 9.79. The molecule has 1 aliphatic heterocycles. The van der Waals surface area contributed by atoms with Crippen molar-refractivity contribution >= 4 is 0 Å². The lowest BCUT2D eigenvalue weighted by Crippen LogP contribution is -2.36. The summed E-state index contributed by atoms with van der Waals surface area (Å²) >= 11 is 0. The normalized spacial score (nSPS) is 25.7. The Labute approximate surface area is 119 Å². The lowest BCUT2D eigenvalue weighted by molar-refractivity contribution is -0.0768. The van der Waals surface area contributed by atoms with Crippen LogP contribution in [0.25, 0.3) is 0 Å². The molecule has 1 fully saturated rings. The van der Waals surface area contributed by atoms with Crippen LogP contribution in [-0.4, -0.2) is 11.2 Å². The minimum Gasteiger partial charge on any atom is -0.369 e. The molecule has 1 heterocycles. The van der Waals surface area contributed by atoms with Gasteiger partial charge in [-0.2, -0.15) is 0 Å². The van der Waals surface area contributed by atoms with E-state index in [0.29, 0.717) is 12.0 Å². The monoisotopic (exact) mass is 283 g/mol. The van der Waals surface area contributed by atoms with Crippen molar-refractivity contribution in [2.24, 2.45) is 11.7 Å². The van der Waals surface area contributed by atoms with Gasteiger partial charge >= 0.3 is 0 Å². The summed E-state index contributed by atoms with van der Waals surface area (Å²) in [5, 5.41) is 0. The summed E-state index contributed by atoms with van der Waals surface area (Å²) in [6, 6.07) is 1.99. The maximum absolute atomic E-state index is 14.2. The number of aryl methyl sites for hydroxylation is 1. The summed E-state index contributed by atoms with van der Waals surface area (Å²) in [7, 11) is 0. The fourth-order valence-corrected chi connectivity index (χ4v) is 3.35. The van der Waals surface area contributed by atoms with Crippen molar-refractivity contribution in [3.8, 4) is 0 Å². The van der Waals surface area contributed by atoms with E-state index in [2.05, 4.69) is 0 Å². The van der Waals surface area contributed by atoms with E-state index >= 15 is 0 Å². The van der Waals surface area contributed by atoms with E-state index in [-0.39, 0.29) is 17.1 Å². The molecule has 1 saturated heterocycles. The zero-order valence-corrected chi connectivity index (χ0v) is 12.8. The first kappa shape index (κ1) is 15.4. The molecule has 0 saturated carbocycles. The number of benzene rings is 1. The third kappa shape index (κ3) is 2.59. The lowest BCUT2D eigenvalue weighted by Gasteiger charge is -2.31. The van der Waals surface area contributed by atoms with E-state index in [1.807, 2.05) is 27.7 Å². The van der Waals surface area contributed by atoms with Crippen molar-refractivity contribution in [2.45, 2.75) is 58.3 Å². The molecule has 2 atom stereocenters. The molecule has 4 heteroatoms. The van der Waals surface area contributed by atoms with Gasteiger partial charge in [0.2, 0.25) is 0 Å². The second-order valence-electron chi connectivity index (χ2n) is 6.89. The van der Waals surface area contributed by atoms with Gasteiger partial charge in [-0.15, -0.1) is 0 Å². The highest BCUT2D eigenvalue weighted by atomic mass is 19.1. The fourth-order valence-electron chi connectivity index (χ4n) is 3.35. The molecule has 0 aromatic heterocycles. The number of hydrogen-bond acceptors (Lipinski definition) is 2.